The van der Waals surface area contributed by atoms with Crippen molar-refractivity contribution in [3.8, 4) is 17.1 Å². The van der Waals surface area contributed by atoms with Crippen LogP contribution in [0.3, 0.4) is 0 Å². The Balaban J connectivity index is 1.58. The standard InChI is InChI=1S/C24H15ClO4/c25-18-9-7-17(8-10-18)23-15-21(26)20-14-19(11-12-22(20)29-23)28-24(27)13-6-16-4-2-1-3-5-16/h1-15H. The Labute approximate surface area is 171 Å². The number of halogens is 1. The lowest BCUT2D eigenvalue weighted by atomic mass is 10.1. The SMILES string of the molecule is O=C(C=Cc1ccccc1)Oc1ccc2oc(-c3ccc(Cl)cc3)cc(=O)c2c1. The Bertz CT molecular complexity index is 1260. The van der Waals surface area contributed by atoms with Gasteiger partial charge in [-0.15, -0.1) is 0 Å². The average Bonchev–Trinajstić information content (AvgIpc) is 2.74. The van der Waals surface area contributed by atoms with E-state index >= 15 is 0 Å². The lowest BCUT2D eigenvalue weighted by molar-refractivity contribution is -0.128. The molecule has 1 heterocycles. The zero-order chi connectivity index (χ0) is 20.2. The molecule has 0 aliphatic carbocycles. The average molecular weight is 403 g/mol. The van der Waals surface area contributed by atoms with E-state index in [1.807, 2.05) is 30.3 Å². The molecule has 0 unspecified atom stereocenters. The first kappa shape index (κ1) is 18.7. The molecule has 29 heavy (non-hydrogen) atoms. The molecule has 0 radical (unpaired) electrons. The van der Waals surface area contributed by atoms with Crippen molar-refractivity contribution in [2.24, 2.45) is 0 Å². The number of hydrogen-bond acceptors (Lipinski definition) is 4. The van der Waals surface area contributed by atoms with Crippen molar-refractivity contribution in [3.05, 3.63) is 106 Å². The Morgan fingerprint density at radius 1 is 0.931 bits per heavy atom. The van der Waals surface area contributed by atoms with Gasteiger partial charge in [0.25, 0.3) is 0 Å². The highest BCUT2D eigenvalue weighted by atomic mass is 35.5. The third kappa shape index (κ3) is 4.45. The molecule has 0 aliphatic rings. The van der Waals surface area contributed by atoms with Crippen LogP contribution in [0.5, 0.6) is 5.75 Å². The fraction of sp³-hybridized carbons (Fsp3) is 0. The maximum atomic E-state index is 12.5. The molecule has 5 heteroatoms. The van der Waals surface area contributed by atoms with E-state index in [1.165, 1.54) is 18.2 Å². The molecular formula is C24H15ClO4. The van der Waals surface area contributed by atoms with Gasteiger partial charge in [-0.3, -0.25) is 4.79 Å². The van der Waals surface area contributed by atoms with E-state index in [2.05, 4.69) is 0 Å². The third-order valence-corrected chi connectivity index (χ3v) is 4.51. The molecule has 0 saturated carbocycles. The number of carbonyl (C=O) groups is 1. The molecule has 142 valence electrons. The minimum atomic E-state index is -0.532. The van der Waals surface area contributed by atoms with Gasteiger partial charge in [-0.05, 0) is 54.1 Å². The quantitative estimate of drug-likeness (QED) is 0.248. The first-order valence-electron chi connectivity index (χ1n) is 8.87. The highest BCUT2D eigenvalue weighted by Crippen LogP contribution is 2.25. The Kier molecular flexibility index (Phi) is 5.27. The van der Waals surface area contributed by atoms with Crippen molar-refractivity contribution in [2.45, 2.75) is 0 Å². The monoisotopic (exact) mass is 402 g/mol. The van der Waals surface area contributed by atoms with Crippen LogP contribution in [-0.2, 0) is 4.79 Å². The van der Waals surface area contributed by atoms with E-state index in [4.69, 9.17) is 20.8 Å². The zero-order valence-electron chi connectivity index (χ0n) is 15.2. The Hall–Kier alpha value is -3.63. The summed E-state index contributed by atoms with van der Waals surface area (Å²) in [6.07, 6.45) is 3.00. The van der Waals surface area contributed by atoms with E-state index in [1.54, 1.807) is 42.5 Å². The summed E-state index contributed by atoms with van der Waals surface area (Å²) in [5, 5.41) is 0.935. The van der Waals surface area contributed by atoms with Crippen LogP contribution >= 0.6 is 11.6 Å². The molecule has 0 N–H and O–H groups in total. The second-order valence-corrected chi connectivity index (χ2v) is 6.74. The van der Waals surface area contributed by atoms with E-state index < -0.39 is 5.97 Å². The van der Waals surface area contributed by atoms with Gasteiger partial charge in [0.1, 0.15) is 17.1 Å². The van der Waals surface area contributed by atoms with Gasteiger partial charge in [0.15, 0.2) is 5.43 Å². The molecule has 0 bridgehead atoms. The number of hydrogen-bond donors (Lipinski definition) is 0. The first-order valence-corrected chi connectivity index (χ1v) is 9.25. The highest BCUT2D eigenvalue weighted by molar-refractivity contribution is 6.30. The number of benzene rings is 3. The number of fused-ring (bicyclic) bond motifs is 1. The van der Waals surface area contributed by atoms with Crippen LogP contribution in [-0.4, -0.2) is 5.97 Å². The molecule has 3 aromatic carbocycles. The summed E-state index contributed by atoms with van der Waals surface area (Å²) >= 11 is 5.90. The van der Waals surface area contributed by atoms with Crippen LogP contribution in [0.2, 0.25) is 5.02 Å². The van der Waals surface area contributed by atoms with E-state index in [9.17, 15) is 9.59 Å². The lowest BCUT2D eigenvalue weighted by Crippen LogP contribution is -2.05. The molecule has 0 fully saturated rings. The smallest absolute Gasteiger partial charge is 0.336 e. The van der Waals surface area contributed by atoms with Crippen LogP contribution in [0.25, 0.3) is 28.4 Å². The maximum Gasteiger partial charge on any atom is 0.336 e. The van der Waals surface area contributed by atoms with Crippen LogP contribution in [0, 0.1) is 0 Å². The second kappa shape index (κ2) is 8.17. The van der Waals surface area contributed by atoms with E-state index in [-0.39, 0.29) is 11.2 Å². The topological polar surface area (TPSA) is 56.5 Å². The largest absolute Gasteiger partial charge is 0.456 e. The van der Waals surface area contributed by atoms with Crippen molar-refractivity contribution < 1.29 is 13.9 Å². The molecule has 0 aliphatic heterocycles. The molecule has 0 amide bonds. The Morgan fingerprint density at radius 2 is 1.69 bits per heavy atom. The molecule has 0 saturated heterocycles. The van der Waals surface area contributed by atoms with Gasteiger partial charge >= 0.3 is 5.97 Å². The van der Waals surface area contributed by atoms with Gasteiger partial charge in [-0.25, -0.2) is 4.79 Å². The summed E-state index contributed by atoms with van der Waals surface area (Å²) in [6, 6.07) is 22.5. The highest BCUT2D eigenvalue weighted by Gasteiger charge is 2.09. The molecule has 0 spiro atoms. The summed E-state index contributed by atoms with van der Waals surface area (Å²) in [5.74, 6) is 0.178. The van der Waals surface area contributed by atoms with Crippen molar-refractivity contribution in [1.82, 2.24) is 0 Å². The predicted molar refractivity (Wildman–Crippen MR) is 114 cm³/mol. The van der Waals surface area contributed by atoms with Crippen LogP contribution in [0.4, 0.5) is 0 Å². The normalized spacial score (nSPS) is 11.1. The summed E-state index contributed by atoms with van der Waals surface area (Å²) < 4.78 is 11.1. The zero-order valence-corrected chi connectivity index (χ0v) is 15.9. The molecule has 4 rings (SSSR count). The molecule has 4 aromatic rings. The molecule has 4 nitrogen and oxygen atoms in total. The van der Waals surface area contributed by atoms with Crippen molar-refractivity contribution in [1.29, 1.82) is 0 Å². The summed E-state index contributed by atoms with van der Waals surface area (Å²) in [6.45, 7) is 0. The van der Waals surface area contributed by atoms with Gasteiger partial charge in [0.05, 0.1) is 5.39 Å². The number of esters is 1. The van der Waals surface area contributed by atoms with Crippen molar-refractivity contribution >= 4 is 34.6 Å². The van der Waals surface area contributed by atoms with Crippen LogP contribution in [0.15, 0.2) is 94.2 Å². The maximum absolute atomic E-state index is 12.5. The number of ether oxygens (including phenoxy) is 1. The second-order valence-electron chi connectivity index (χ2n) is 6.30. The van der Waals surface area contributed by atoms with Gasteiger partial charge in [0, 0.05) is 22.7 Å². The lowest BCUT2D eigenvalue weighted by Gasteiger charge is -2.06. The molecule has 1 aromatic heterocycles. The summed E-state index contributed by atoms with van der Waals surface area (Å²) in [5.41, 5.74) is 1.81. The minimum absolute atomic E-state index is 0.228. The van der Waals surface area contributed by atoms with Gasteiger partial charge < -0.3 is 9.15 Å². The van der Waals surface area contributed by atoms with Crippen LogP contribution < -0.4 is 10.2 Å². The first-order chi connectivity index (χ1) is 14.1. The van der Waals surface area contributed by atoms with Crippen molar-refractivity contribution in [3.63, 3.8) is 0 Å². The number of carbonyl (C=O) groups excluding carboxylic acids is 1. The Morgan fingerprint density at radius 3 is 2.45 bits per heavy atom. The predicted octanol–water partition coefficient (Wildman–Crippen LogP) is 5.73. The molecular weight excluding hydrogens is 388 g/mol. The van der Waals surface area contributed by atoms with Gasteiger partial charge in [0.2, 0.25) is 0 Å². The molecule has 0 atom stereocenters. The fourth-order valence-corrected chi connectivity index (χ4v) is 2.96. The van der Waals surface area contributed by atoms with E-state index in [0.717, 1.165) is 11.1 Å². The third-order valence-electron chi connectivity index (χ3n) is 4.26. The van der Waals surface area contributed by atoms with Gasteiger partial charge in [-0.2, -0.15) is 0 Å². The summed E-state index contributed by atoms with van der Waals surface area (Å²) in [7, 11) is 0. The minimum Gasteiger partial charge on any atom is -0.456 e. The summed E-state index contributed by atoms with van der Waals surface area (Å²) in [4.78, 5) is 24.6. The number of rotatable bonds is 4. The van der Waals surface area contributed by atoms with Gasteiger partial charge in [-0.1, -0.05) is 41.9 Å². The van der Waals surface area contributed by atoms with Crippen molar-refractivity contribution in [2.75, 3.05) is 0 Å². The van der Waals surface area contributed by atoms with Crippen LogP contribution in [0.1, 0.15) is 5.56 Å². The fourth-order valence-electron chi connectivity index (χ4n) is 2.83. The van der Waals surface area contributed by atoms with E-state index in [0.29, 0.717) is 21.8 Å².